The zero-order valence-corrected chi connectivity index (χ0v) is 13.0. The Morgan fingerprint density at radius 1 is 1.29 bits per heavy atom. The van der Waals surface area contributed by atoms with Crippen molar-refractivity contribution in [1.82, 2.24) is 4.90 Å². The molecule has 2 rings (SSSR count). The van der Waals surface area contributed by atoms with Crippen LogP contribution in [0.4, 0.5) is 0 Å². The number of esters is 1. The molecule has 1 aliphatic heterocycles. The summed E-state index contributed by atoms with van der Waals surface area (Å²) in [5.74, 6) is 1.11. The van der Waals surface area contributed by atoms with E-state index in [2.05, 4.69) is 0 Å². The third kappa shape index (κ3) is 3.57. The monoisotopic (exact) mass is 309 g/mol. The van der Waals surface area contributed by atoms with E-state index in [4.69, 9.17) is 9.47 Å². The van der Waals surface area contributed by atoms with Gasteiger partial charge in [0, 0.05) is 25.2 Å². The minimum Gasteiger partial charge on any atom is -0.465 e. The highest BCUT2D eigenvalue weighted by molar-refractivity contribution is 7.99. The molecule has 0 aromatic heterocycles. The van der Waals surface area contributed by atoms with Gasteiger partial charge in [-0.05, 0) is 12.1 Å². The van der Waals surface area contributed by atoms with Gasteiger partial charge in [0.05, 0.1) is 30.9 Å². The average Bonchev–Trinajstić information content (AvgIpc) is 2.54. The van der Waals surface area contributed by atoms with Crippen molar-refractivity contribution in [3.63, 3.8) is 0 Å². The largest absolute Gasteiger partial charge is 0.465 e. The highest BCUT2D eigenvalue weighted by atomic mass is 32.2. The Balaban J connectivity index is 2.28. The molecule has 1 atom stereocenters. The number of ether oxygens (including phenoxy) is 2. The number of rotatable bonds is 4. The maximum absolute atomic E-state index is 12.8. The Kier molecular flexibility index (Phi) is 5.64. The maximum atomic E-state index is 12.8. The highest BCUT2D eigenvalue weighted by Crippen LogP contribution is 2.21. The predicted molar refractivity (Wildman–Crippen MR) is 81.8 cm³/mol. The molecule has 6 heteroatoms. The number of methoxy groups -OCH3 is 2. The van der Waals surface area contributed by atoms with Crippen LogP contribution in [0.15, 0.2) is 24.3 Å². The lowest BCUT2D eigenvalue weighted by Gasteiger charge is -2.35. The van der Waals surface area contributed by atoms with E-state index >= 15 is 0 Å². The molecule has 114 valence electrons. The Bertz CT molecular complexity index is 518. The van der Waals surface area contributed by atoms with Crippen molar-refractivity contribution in [2.45, 2.75) is 6.04 Å². The molecule has 0 aliphatic carbocycles. The fourth-order valence-corrected chi connectivity index (χ4v) is 3.41. The van der Waals surface area contributed by atoms with E-state index in [1.165, 1.54) is 7.11 Å². The standard InChI is InChI=1S/C15H19NO4S/c1-19-9-11-10-21-8-7-16(11)14(17)12-5-3-4-6-13(12)15(18)20-2/h3-6,11H,7-10H2,1-2H3. The van der Waals surface area contributed by atoms with Crippen molar-refractivity contribution in [2.24, 2.45) is 0 Å². The average molecular weight is 309 g/mol. The second-order valence-electron chi connectivity index (χ2n) is 4.72. The predicted octanol–water partition coefficient (Wildman–Crippen LogP) is 1.68. The quantitative estimate of drug-likeness (QED) is 0.792. The molecule has 1 amide bonds. The Morgan fingerprint density at radius 2 is 2.00 bits per heavy atom. The number of hydrogen-bond acceptors (Lipinski definition) is 5. The van der Waals surface area contributed by atoms with Crippen LogP contribution < -0.4 is 0 Å². The van der Waals surface area contributed by atoms with E-state index < -0.39 is 5.97 Å². The van der Waals surface area contributed by atoms with Crippen LogP contribution >= 0.6 is 11.8 Å². The summed E-state index contributed by atoms with van der Waals surface area (Å²) in [7, 11) is 2.94. The molecule has 0 saturated carbocycles. The summed E-state index contributed by atoms with van der Waals surface area (Å²) < 4.78 is 9.95. The van der Waals surface area contributed by atoms with E-state index in [0.717, 1.165) is 11.5 Å². The first-order valence-electron chi connectivity index (χ1n) is 6.74. The first-order chi connectivity index (χ1) is 10.2. The molecule has 5 nitrogen and oxygen atoms in total. The molecule has 0 bridgehead atoms. The second kappa shape index (κ2) is 7.47. The lowest BCUT2D eigenvalue weighted by molar-refractivity contribution is 0.0547. The van der Waals surface area contributed by atoms with Crippen molar-refractivity contribution in [3.8, 4) is 0 Å². The van der Waals surface area contributed by atoms with E-state index in [1.54, 1.807) is 36.3 Å². The number of amides is 1. The molecule has 1 aliphatic rings. The molecular formula is C15H19NO4S. The van der Waals surface area contributed by atoms with E-state index in [1.807, 2.05) is 11.8 Å². The fourth-order valence-electron chi connectivity index (χ4n) is 2.36. The number of thioether (sulfide) groups is 1. The molecule has 0 spiro atoms. The maximum Gasteiger partial charge on any atom is 0.338 e. The minimum atomic E-state index is -0.492. The first-order valence-corrected chi connectivity index (χ1v) is 7.89. The van der Waals surface area contributed by atoms with Crippen LogP contribution in [0.3, 0.4) is 0 Å². The molecule has 21 heavy (non-hydrogen) atoms. The van der Waals surface area contributed by atoms with Gasteiger partial charge in [0.2, 0.25) is 0 Å². The van der Waals surface area contributed by atoms with Gasteiger partial charge in [-0.15, -0.1) is 0 Å². The van der Waals surface area contributed by atoms with Crippen molar-refractivity contribution in [2.75, 3.05) is 38.9 Å². The van der Waals surface area contributed by atoms with Crippen molar-refractivity contribution < 1.29 is 19.1 Å². The minimum absolute atomic E-state index is 0.0342. The lowest BCUT2D eigenvalue weighted by atomic mass is 10.1. The first kappa shape index (κ1) is 15.9. The zero-order valence-electron chi connectivity index (χ0n) is 12.2. The van der Waals surface area contributed by atoms with Crippen LogP contribution in [0.1, 0.15) is 20.7 Å². The van der Waals surface area contributed by atoms with Gasteiger partial charge in [-0.25, -0.2) is 4.79 Å². The van der Waals surface area contributed by atoms with Crippen LogP contribution in [0, 0.1) is 0 Å². The van der Waals surface area contributed by atoms with Gasteiger partial charge in [-0.2, -0.15) is 11.8 Å². The van der Waals surface area contributed by atoms with Crippen LogP contribution in [-0.4, -0.2) is 61.7 Å². The number of hydrogen-bond donors (Lipinski definition) is 0. The normalized spacial score (nSPS) is 18.4. The Labute approximate surface area is 128 Å². The van der Waals surface area contributed by atoms with Gasteiger partial charge in [0.1, 0.15) is 0 Å². The van der Waals surface area contributed by atoms with E-state index in [0.29, 0.717) is 24.3 Å². The summed E-state index contributed by atoms with van der Waals surface area (Å²) >= 11 is 1.81. The number of carbonyl (C=O) groups is 2. The SMILES string of the molecule is COCC1CSCCN1C(=O)c1ccccc1C(=O)OC. The molecular weight excluding hydrogens is 290 g/mol. The Hall–Kier alpha value is -1.53. The number of nitrogens with zero attached hydrogens (tertiary/aromatic N) is 1. The van der Waals surface area contributed by atoms with Crippen molar-refractivity contribution in [3.05, 3.63) is 35.4 Å². The molecule has 1 aromatic rings. The summed E-state index contributed by atoms with van der Waals surface area (Å²) in [4.78, 5) is 26.4. The topological polar surface area (TPSA) is 55.8 Å². The molecule has 1 aromatic carbocycles. The van der Waals surface area contributed by atoms with Gasteiger partial charge < -0.3 is 14.4 Å². The summed E-state index contributed by atoms with van der Waals surface area (Å²) in [6, 6.07) is 6.79. The molecule has 1 fully saturated rings. The molecule has 0 N–H and O–H groups in total. The van der Waals surface area contributed by atoms with Gasteiger partial charge >= 0.3 is 5.97 Å². The van der Waals surface area contributed by atoms with Gasteiger partial charge in [0.25, 0.3) is 5.91 Å². The summed E-state index contributed by atoms with van der Waals surface area (Å²) in [5, 5.41) is 0. The summed E-state index contributed by atoms with van der Waals surface area (Å²) in [6.45, 7) is 1.16. The second-order valence-corrected chi connectivity index (χ2v) is 5.87. The van der Waals surface area contributed by atoms with Crippen molar-refractivity contribution >= 4 is 23.6 Å². The lowest BCUT2D eigenvalue weighted by Crippen LogP contribution is -2.48. The smallest absolute Gasteiger partial charge is 0.338 e. The van der Waals surface area contributed by atoms with E-state index in [9.17, 15) is 9.59 Å². The van der Waals surface area contributed by atoms with Gasteiger partial charge in [-0.3, -0.25) is 4.79 Å². The molecule has 0 radical (unpaired) electrons. The van der Waals surface area contributed by atoms with Gasteiger partial charge in [0.15, 0.2) is 0 Å². The van der Waals surface area contributed by atoms with Gasteiger partial charge in [-0.1, -0.05) is 12.1 Å². The summed E-state index contributed by atoms with van der Waals surface area (Å²) in [5.41, 5.74) is 0.691. The van der Waals surface area contributed by atoms with E-state index in [-0.39, 0.29) is 11.9 Å². The van der Waals surface area contributed by atoms with Crippen LogP contribution in [0.25, 0.3) is 0 Å². The molecule has 1 saturated heterocycles. The third-order valence-electron chi connectivity index (χ3n) is 3.41. The Morgan fingerprint density at radius 3 is 2.67 bits per heavy atom. The summed E-state index contributed by atoms with van der Waals surface area (Å²) in [6.07, 6.45) is 0. The van der Waals surface area contributed by atoms with Crippen LogP contribution in [0.5, 0.6) is 0 Å². The number of benzene rings is 1. The highest BCUT2D eigenvalue weighted by Gasteiger charge is 2.30. The molecule has 1 heterocycles. The number of carbonyl (C=O) groups excluding carboxylic acids is 2. The zero-order chi connectivity index (χ0) is 15.2. The van der Waals surface area contributed by atoms with Crippen LogP contribution in [0.2, 0.25) is 0 Å². The molecule has 1 unspecified atom stereocenters. The van der Waals surface area contributed by atoms with Crippen molar-refractivity contribution in [1.29, 1.82) is 0 Å². The third-order valence-corrected chi connectivity index (χ3v) is 4.50. The van der Waals surface area contributed by atoms with Crippen LogP contribution in [-0.2, 0) is 9.47 Å². The fraction of sp³-hybridized carbons (Fsp3) is 0.467.